The van der Waals surface area contributed by atoms with E-state index in [0.29, 0.717) is 5.95 Å². The zero-order valence-corrected chi connectivity index (χ0v) is 9.33. The Bertz CT molecular complexity index is 385. The largest absolute Gasteiger partial charge is 0.478 e. The molecule has 0 radical (unpaired) electrons. The molecule has 1 aliphatic rings. The predicted molar refractivity (Wildman–Crippen MR) is 60.9 cm³/mol. The first-order chi connectivity index (χ1) is 8.15. The van der Waals surface area contributed by atoms with Crippen LogP contribution >= 0.6 is 0 Å². The van der Waals surface area contributed by atoms with Gasteiger partial charge in [0.15, 0.2) is 0 Å². The number of aliphatic hydroxyl groups excluding tert-OH is 1. The second kappa shape index (κ2) is 5.09. The maximum Gasteiger partial charge on any atom is 0.338 e. The smallest absolute Gasteiger partial charge is 0.338 e. The minimum atomic E-state index is -1.03. The van der Waals surface area contributed by atoms with Gasteiger partial charge in [-0.25, -0.2) is 14.8 Å². The van der Waals surface area contributed by atoms with Crippen molar-refractivity contribution in [1.82, 2.24) is 9.97 Å². The number of aromatic nitrogens is 2. The van der Waals surface area contributed by atoms with Crippen LogP contribution in [0.25, 0.3) is 0 Å². The van der Waals surface area contributed by atoms with Crippen LogP contribution in [0.4, 0.5) is 5.95 Å². The van der Waals surface area contributed by atoms with Crippen molar-refractivity contribution in [3.8, 4) is 0 Å². The Morgan fingerprint density at radius 1 is 1.24 bits per heavy atom. The summed E-state index contributed by atoms with van der Waals surface area (Å²) >= 11 is 0. The van der Waals surface area contributed by atoms with Gasteiger partial charge in [0.1, 0.15) is 0 Å². The number of carboxylic acid groups (broad SMARTS) is 1. The molecule has 0 amide bonds. The molecule has 1 aromatic heterocycles. The van der Waals surface area contributed by atoms with Crippen LogP contribution in [0.1, 0.15) is 36.0 Å². The average molecular weight is 237 g/mol. The third kappa shape index (κ3) is 3.13. The molecule has 3 N–H and O–H groups in total. The van der Waals surface area contributed by atoms with Gasteiger partial charge in [0.05, 0.1) is 11.7 Å². The molecule has 6 nitrogen and oxygen atoms in total. The number of aromatic carboxylic acids is 1. The number of carboxylic acids is 1. The highest BCUT2D eigenvalue weighted by Crippen LogP contribution is 2.20. The molecular weight excluding hydrogens is 222 g/mol. The van der Waals surface area contributed by atoms with Gasteiger partial charge in [-0.3, -0.25) is 0 Å². The molecule has 0 saturated heterocycles. The standard InChI is InChI=1S/C11H15N3O3/c15-9-3-1-8(2-4-9)14-11-12-5-7(6-13-11)10(16)17/h5-6,8-9,15H,1-4H2,(H,16,17)(H,12,13,14)/t8-,9-. The van der Waals surface area contributed by atoms with Crippen molar-refractivity contribution in [2.45, 2.75) is 37.8 Å². The highest BCUT2D eigenvalue weighted by Gasteiger charge is 2.19. The molecule has 1 saturated carbocycles. The molecule has 1 heterocycles. The molecule has 1 aromatic rings. The van der Waals surface area contributed by atoms with Crippen molar-refractivity contribution in [1.29, 1.82) is 0 Å². The lowest BCUT2D eigenvalue weighted by Crippen LogP contribution is -2.28. The molecule has 0 aliphatic heterocycles. The number of hydrogen-bond donors (Lipinski definition) is 3. The van der Waals surface area contributed by atoms with Gasteiger partial charge in [-0.05, 0) is 25.7 Å². The molecular formula is C11H15N3O3. The van der Waals surface area contributed by atoms with E-state index >= 15 is 0 Å². The summed E-state index contributed by atoms with van der Waals surface area (Å²) in [5, 5.41) is 21.2. The Morgan fingerprint density at radius 2 is 1.82 bits per heavy atom. The third-order valence-corrected chi connectivity index (χ3v) is 2.93. The van der Waals surface area contributed by atoms with Gasteiger partial charge < -0.3 is 15.5 Å². The molecule has 17 heavy (non-hydrogen) atoms. The summed E-state index contributed by atoms with van der Waals surface area (Å²) in [6.07, 6.45) is 5.71. The lowest BCUT2D eigenvalue weighted by molar-refractivity contribution is 0.0696. The highest BCUT2D eigenvalue weighted by molar-refractivity contribution is 5.86. The van der Waals surface area contributed by atoms with Gasteiger partial charge in [-0.2, -0.15) is 0 Å². The number of hydrogen-bond acceptors (Lipinski definition) is 5. The van der Waals surface area contributed by atoms with E-state index in [1.807, 2.05) is 0 Å². The summed E-state index contributed by atoms with van der Waals surface area (Å²) in [6, 6.07) is 0.258. The molecule has 0 bridgehead atoms. The fourth-order valence-electron chi connectivity index (χ4n) is 1.92. The fourth-order valence-corrected chi connectivity index (χ4v) is 1.92. The quantitative estimate of drug-likeness (QED) is 0.722. The SMILES string of the molecule is O=C(O)c1cnc(N[C@H]2CC[C@H](O)CC2)nc1. The molecule has 92 valence electrons. The van der Waals surface area contributed by atoms with Crippen LogP contribution in [0.3, 0.4) is 0 Å². The predicted octanol–water partition coefficient (Wildman–Crippen LogP) is 0.890. The molecule has 0 atom stereocenters. The van der Waals surface area contributed by atoms with Crippen LogP contribution < -0.4 is 5.32 Å². The Hall–Kier alpha value is -1.69. The van der Waals surface area contributed by atoms with Crippen molar-refractivity contribution >= 4 is 11.9 Å². The Balaban J connectivity index is 1.92. The second-order valence-electron chi connectivity index (χ2n) is 4.25. The Morgan fingerprint density at radius 3 is 2.35 bits per heavy atom. The van der Waals surface area contributed by atoms with Crippen molar-refractivity contribution in [2.75, 3.05) is 5.32 Å². The maximum atomic E-state index is 10.6. The lowest BCUT2D eigenvalue weighted by Gasteiger charge is -2.26. The first-order valence-corrected chi connectivity index (χ1v) is 5.65. The van der Waals surface area contributed by atoms with Gasteiger partial charge in [0, 0.05) is 18.4 Å². The van der Waals surface area contributed by atoms with E-state index in [1.165, 1.54) is 12.4 Å². The van der Waals surface area contributed by atoms with E-state index in [2.05, 4.69) is 15.3 Å². The molecule has 0 unspecified atom stereocenters. The zero-order valence-electron chi connectivity index (χ0n) is 9.33. The average Bonchev–Trinajstić information content (AvgIpc) is 2.33. The van der Waals surface area contributed by atoms with Gasteiger partial charge in [-0.1, -0.05) is 0 Å². The van der Waals surface area contributed by atoms with Crippen molar-refractivity contribution in [2.24, 2.45) is 0 Å². The molecule has 2 rings (SSSR count). The van der Waals surface area contributed by atoms with Gasteiger partial charge in [0.25, 0.3) is 0 Å². The number of rotatable bonds is 3. The lowest BCUT2D eigenvalue weighted by atomic mass is 9.93. The number of aliphatic hydroxyl groups is 1. The van der Waals surface area contributed by atoms with Crippen molar-refractivity contribution in [3.63, 3.8) is 0 Å². The first-order valence-electron chi connectivity index (χ1n) is 5.65. The van der Waals surface area contributed by atoms with Gasteiger partial charge in [0.2, 0.25) is 5.95 Å². The third-order valence-electron chi connectivity index (χ3n) is 2.93. The number of carbonyl (C=O) groups is 1. The topological polar surface area (TPSA) is 95.3 Å². The molecule has 0 aromatic carbocycles. The summed E-state index contributed by atoms with van der Waals surface area (Å²) in [4.78, 5) is 18.5. The molecule has 0 spiro atoms. The van der Waals surface area contributed by atoms with Crippen LogP contribution in [0.2, 0.25) is 0 Å². The fraction of sp³-hybridized carbons (Fsp3) is 0.545. The van der Waals surface area contributed by atoms with Gasteiger partial charge >= 0.3 is 5.97 Å². The monoisotopic (exact) mass is 237 g/mol. The van der Waals surface area contributed by atoms with Crippen LogP contribution in [0.15, 0.2) is 12.4 Å². The van der Waals surface area contributed by atoms with Crippen LogP contribution in [0.5, 0.6) is 0 Å². The van der Waals surface area contributed by atoms with Crippen LogP contribution in [-0.4, -0.2) is 38.3 Å². The Labute approximate surface area is 98.7 Å². The van der Waals surface area contributed by atoms with E-state index < -0.39 is 5.97 Å². The summed E-state index contributed by atoms with van der Waals surface area (Å²) in [5.41, 5.74) is 0.0783. The first kappa shape index (κ1) is 11.8. The highest BCUT2D eigenvalue weighted by atomic mass is 16.4. The molecule has 1 fully saturated rings. The normalized spacial score (nSPS) is 24.3. The van der Waals surface area contributed by atoms with E-state index in [0.717, 1.165) is 25.7 Å². The van der Waals surface area contributed by atoms with E-state index in [-0.39, 0.29) is 17.7 Å². The number of nitrogens with zero attached hydrogens (tertiary/aromatic N) is 2. The number of nitrogens with one attached hydrogen (secondary N) is 1. The van der Waals surface area contributed by atoms with Crippen LogP contribution in [-0.2, 0) is 0 Å². The molecule has 6 heteroatoms. The zero-order chi connectivity index (χ0) is 12.3. The Kier molecular flexibility index (Phi) is 3.53. The van der Waals surface area contributed by atoms with Crippen molar-refractivity contribution < 1.29 is 15.0 Å². The number of anilines is 1. The van der Waals surface area contributed by atoms with E-state index in [9.17, 15) is 9.90 Å². The minimum Gasteiger partial charge on any atom is -0.478 e. The summed E-state index contributed by atoms with van der Waals surface area (Å²) in [6.45, 7) is 0. The summed E-state index contributed by atoms with van der Waals surface area (Å²) < 4.78 is 0. The van der Waals surface area contributed by atoms with E-state index in [1.54, 1.807) is 0 Å². The van der Waals surface area contributed by atoms with Crippen molar-refractivity contribution in [3.05, 3.63) is 18.0 Å². The van der Waals surface area contributed by atoms with Crippen LogP contribution in [0, 0.1) is 0 Å². The maximum absolute atomic E-state index is 10.6. The molecule has 1 aliphatic carbocycles. The van der Waals surface area contributed by atoms with E-state index in [4.69, 9.17) is 5.11 Å². The minimum absolute atomic E-state index is 0.0783. The van der Waals surface area contributed by atoms with Gasteiger partial charge in [-0.15, -0.1) is 0 Å². The summed E-state index contributed by atoms with van der Waals surface area (Å²) in [5.74, 6) is -0.589. The summed E-state index contributed by atoms with van der Waals surface area (Å²) in [7, 11) is 0. The second-order valence-corrected chi connectivity index (χ2v) is 4.25.